The third kappa shape index (κ3) is 6.86. The van der Waals surface area contributed by atoms with Gasteiger partial charge >= 0.3 is 6.09 Å². The molecule has 0 atom stereocenters. The van der Waals surface area contributed by atoms with E-state index in [9.17, 15) is 9.18 Å². The zero-order chi connectivity index (χ0) is 20.6. The molecule has 2 aliphatic heterocycles. The molecular formula is C20H31FIN5O3. The van der Waals surface area contributed by atoms with Crippen molar-refractivity contribution in [1.82, 2.24) is 10.2 Å². The molecule has 0 radical (unpaired) electrons. The molecule has 1 aromatic rings. The van der Waals surface area contributed by atoms with Crippen LogP contribution in [0.25, 0.3) is 0 Å². The lowest BCUT2D eigenvalue weighted by molar-refractivity contribution is 0.0963. The van der Waals surface area contributed by atoms with E-state index in [2.05, 4.69) is 10.3 Å². The van der Waals surface area contributed by atoms with Crippen LogP contribution >= 0.6 is 24.0 Å². The molecule has 0 aliphatic carbocycles. The monoisotopic (exact) mass is 535 g/mol. The first-order valence-corrected chi connectivity index (χ1v) is 10.2. The van der Waals surface area contributed by atoms with Crippen molar-refractivity contribution in [1.29, 1.82) is 0 Å². The van der Waals surface area contributed by atoms with Gasteiger partial charge < -0.3 is 30.3 Å². The largest absolute Gasteiger partial charge is 0.450 e. The van der Waals surface area contributed by atoms with Crippen molar-refractivity contribution in [2.75, 3.05) is 50.9 Å². The minimum absolute atomic E-state index is 0. The maximum absolute atomic E-state index is 14.5. The molecule has 168 valence electrons. The second kappa shape index (κ2) is 12.1. The maximum Gasteiger partial charge on any atom is 0.409 e. The number of hydrogen-bond donors (Lipinski definition) is 2. The quantitative estimate of drug-likeness (QED) is 0.342. The second-order valence-electron chi connectivity index (χ2n) is 7.19. The summed E-state index contributed by atoms with van der Waals surface area (Å²) in [5.74, 6) is 0.0784. The van der Waals surface area contributed by atoms with Crippen molar-refractivity contribution in [3.8, 4) is 0 Å². The van der Waals surface area contributed by atoms with Gasteiger partial charge in [-0.05, 0) is 37.5 Å². The Kier molecular flexibility index (Phi) is 9.89. The number of nitrogens with two attached hydrogens (primary N) is 1. The van der Waals surface area contributed by atoms with E-state index in [1.807, 2.05) is 11.0 Å². The molecule has 3 N–H and O–H groups in total. The lowest BCUT2D eigenvalue weighted by Crippen LogP contribution is -2.48. The van der Waals surface area contributed by atoms with Gasteiger partial charge in [0.2, 0.25) is 0 Å². The van der Waals surface area contributed by atoms with Crippen molar-refractivity contribution < 1.29 is 18.7 Å². The van der Waals surface area contributed by atoms with Crippen LogP contribution < -0.4 is 16.0 Å². The zero-order valence-electron chi connectivity index (χ0n) is 17.3. The molecule has 3 rings (SSSR count). The van der Waals surface area contributed by atoms with Crippen LogP contribution in [0.1, 0.15) is 25.3 Å². The molecule has 0 saturated carbocycles. The molecule has 0 spiro atoms. The number of aliphatic imine (C=N–C) groups is 1. The van der Waals surface area contributed by atoms with Crippen molar-refractivity contribution in [2.45, 2.75) is 32.4 Å². The molecule has 30 heavy (non-hydrogen) atoms. The molecule has 10 heteroatoms. The highest BCUT2D eigenvalue weighted by molar-refractivity contribution is 14.0. The molecular weight excluding hydrogens is 504 g/mol. The number of rotatable bonds is 5. The lowest BCUT2D eigenvalue weighted by Gasteiger charge is -2.31. The number of hydrogen-bond acceptors (Lipinski definition) is 5. The number of amides is 1. The number of ether oxygens (including phenoxy) is 2. The first-order valence-electron chi connectivity index (χ1n) is 10.2. The minimum Gasteiger partial charge on any atom is -0.450 e. The predicted molar refractivity (Wildman–Crippen MR) is 125 cm³/mol. The van der Waals surface area contributed by atoms with Crippen LogP contribution in [0.4, 0.5) is 14.9 Å². The highest BCUT2D eigenvalue weighted by atomic mass is 127. The summed E-state index contributed by atoms with van der Waals surface area (Å²) in [7, 11) is 0. The SMILES string of the molecule is CCOC(=O)N1CCC(NC(N)=NCc2ccc(N3CCOCC3)c(F)c2)CC1.I. The fraction of sp³-hybridized carbons (Fsp3) is 0.600. The topological polar surface area (TPSA) is 92.4 Å². The van der Waals surface area contributed by atoms with Crippen molar-refractivity contribution >= 4 is 41.7 Å². The maximum atomic E-state index is 14.5. The van der Waals surface area contributed by atoms with Crippen LogP contribution in [-0.4, -0.2) is 69.0 Å². The number of nitrogens with zero attached hydrogens (tertiary/aromatic N) is 3. The molecule has 0 aromatic heterocycles. The van der Waals surface area contributed by atoms with Gasteiger partial charge in [0.05, 0.1) is 32.1 Å². The number of benzene rings is 1. The van der Waals surface area contributed by atoms with Gasteiger partial charge in [0, 0.05) is 32.2 Å². The number of likely N-dealkylation sites (tertiary alicyclic amines) is 1. The van der Waals surface area contributed by atoms with E-state index in [0.717, 1.165) is 18.4 Å². The minimum atomic E-state index is -0.268. The van der Waals surface area contributed by atoms with Crippen LogP contribution in [0.5, 0.6) is 0 Å². The van der Waals surface area contributed by atoms with E-state index in [-0.39, 0.29) is 41.9 Å². The Morgan fingerprint density at radius 2 is 2.00 bits per heavy atom. The number of anilines is 1. The van der Waals surface area contributed by atoms with E-state index < -0.39 is 0 Å². The van der Waals surface area contributed by atoms with Crippen LogP contribution in [0.15, 0.2) is 23.2 Å². The van der Waals surface area contributed by atoms with Gasteiger partial charge in [-0.15, -0.1) is 24.0 Å². The molecule has 2 fully saturated rings. The predicted octanol–water partition coefficient (Wildman–Crippen LogP) is 2.31. The normalized spacial score (nSPS) is 18.0. The molecule has 0 unspecified atom stereocenters. The summed E-state index contributed by atoms with van der Waals surface area (Å²) in [5, 5.41) is 3.19. The van der Waals surface area contributed by atoms with Crippen LogP contribution in [0.2, 0.25) is 0 Å². The number of carbonyl (C=O) groups excluding carboxylic acids is 1. The second-order valence-corrected chi connectivity index (χ2v) is 7.19. The van der Waals surface area contributed by atoms with Crippen LogP contribution in [0, 0.1) is 5.82 Å². The Morgan fingerprint density at radius 1 is 1.30 bits per heavy atom. The summed E-state index contributed by atoms with van der Waals surface area (Å²) in [5.41, 5.74) is 7.36. The molecule has 2 heterocycles. The van der Waals surface area contributed by atoms with E-state index >= 15 is 0 Å². The highest BCUT2D eigenvalue weighted by Gasteiger charge is 2.23. The molecule has 2 aliphatic rings. The van der Waals surface area contributed by atoms with Crippen LogP contribution in [-0.2, 0) is 16.0 Å². The van der Waals surface area contributed by atoms with Crippen molar-refractivity contribution in [3.05, 3.63) is 29.6 Å². The Hall–Kier alpha value is -1.82. The zero-order valence-corrected chi connectivity index (χ0v) is 19.6. The summed E-state index contributed by atoms with van der Waals surface area (Å²) in [6.07, 6.45) is 1.28. The number of halogens is 2. The number of nitrogens with one attached hydrogen (secondary N) is 1. The summed E-state index contributed by atoms with van der Waals surface area (Å²) >= 11 is 0. The summed E-state index contributed by atoms with van der Waals surface area (Å²) in [6, 6.07) is 5.34. The van der Waals surface area contributed by atoms with Gasteiger partial charge in [0.15, 0.2) is 5.96 Å². The van der Waals surface area contributed by atoms with Gasteiger partial charge in [-0.25, -0.2) is 14.2 Å². The van der Waals surface area contributed by atoms with Crippen LogP contribution in [0.3, 0.4) is 0 Å². The Labute approximate surface area is 194 Å². The van der Waals surface area contributed by atoms with Crippen molar-refractivity contribution in [2.24, 2.45) is 10.7 Å². The smallest absolute Gasteiger partial charge is 0.409 e. The summed E-state index contributed by atoms with van der Waals surface area (Å²) in [6.45, 7) is 6.35. The fourth-order valence-corrected chi connectivity index (χ4v) is 3.56. The van der Waals surface area contributed by atoms with E-state index in [1.165, 1.54) is 6.07 Å². The molecule has 1 aromatic carbocycles. The lowest BCUT2D eigenvalue weighted by atomic mass is 10.1. The van der Waals surface area contributed by atoms with Gasteiger partial charge in [0.25, 0.3) is 0 Å². The fourth-order valence-electron chi connectivity index (χ4n) is 3.56. The summed E-state index contributed by atoms with van der Waals surface area (Å²) < 4.78 is 24.8. The van der Waals surface area contributed by atoms with Gasteiger partial charge in [-0.2, -0.15) is 0 Å². The average Bonchev–Trinajstić information content (AvgIpc) is 2.73. The van der Waals surface area contributed by atoms with E-state index in [0.29, 0.717) is 64.2 Å². The Morgan fingerprint density at radius 3 is 2.63 bits per heavy atom. The highest BCUT2D eigenvalue weighted by Crippen LogP contribution is 2.22. The van der Waals surface area contributed by atoms with E-state index in [1.54, 1.807) is 17.9 Å². The Balaban J connectivity index is 0.00000320. The van der Waals surface area contributed by atoms with Crippen molar-refractivity contribution in [3.63, 3.8) is 0 Å². The number of guanidine groups is 1. The standard InChI is InChI=1S/C20H30FN5O3.HI/c1-2-29-20(27)26-7-5-16(6-8-26)24-19(22)23-14-15-3-4-18(17(21)13-15)25-9-11-28-12-10-25;/h3-4,13,16H,2,5-12,14H2,1H3,(H3,22,23,24);1H. The van der Waals surface area contributed by atoms with Gasteiger partial charge in [0.1, 0.15) is 5.82 Å². The first-order chi connectivity index (χ1) is 14.1. The molecule has 8 nitrogen and oxygen atoms in total. The van der Waals surface area contributed by atoms with E-state index in [4.69, 9.17) is 15.2 Å². The molecule has 1 amide bonds. The third-order valence-electron chi connectivity index (χ3n) is 5.17. The van der Waals surface area contributed by atoms with Gasteiger partial charge in [-0.3, -0.25) is 0 Å². The third-order valence-corrected chi connectivity index (χ3v) is 5.17. The average molecular weight is 535 g/mol. The molecule has 2 saturated heterocycles. The summed E-state index contributed by atoms with van der Waals surface area (Å²) in [4.78, 5) is 19.8. The number of morpholine rings is 1. The Bertz CT molecular complexity index is 722. The van der Waals surface area contributed by atoms with Gasteiger partial charge in [-0.1, -0.05) is 6.07 Å². The molecule has 0 bridgehead atoms. The number of carbonyl (C=O) groups is 1. The first kappa shape index (κ1) is 24.4. The number of piperidine rings is 1.